The van der Waals surface area contributed by atoms with Gasteiger partial charge in [0.05, 0.1) is 32.9 Å². The van der Waals surface area contributed by atoms with Crippen LogP contribution >= 0.6 is 0 Å². The van der Waals surface area contributed by atoms with Crippen molar-refractivity contribution in [3.05, 3.63) is 54.1 Å². The number of carbonyl (C=O) groups is 2. The highest BCUT2D eigenvalue weighted by Crippen LogP contribution is 2.29. The molecular formula is C20H23NO5. The van der Waals surface area contributed by atoms with Gasteiger partial charge in [0.25, 0.3) is 0 Å². The molecule has 0 aromatic heterocycles. The maximum atomic E-state index is 12.1. The van der Waals surface area contributed by atoms with E-state index >= 15 is 0 Å². The van der Waals surface area contributed by atoms with Gasteiger partial charge in [-0.3, -0.25) is 9.59 Å². The van der Waals surface area contributed by atoms with Crippen molar-refractivity contribution in [2.75, 3.05) is 26.1 Å². The molecule has 1 amide bonds. The van der Waals surface area contributed by atoms with Crippen LogP contribution in [-0.4, -0.2) is 32.7 Å². The highest BCUT2D eigenvalue weighted by molar-refractivity contribution is 5.94. The SMILES string of the molecule is COc1ccc(OC)c(NC(=O)CCC(=O)OCCc2ccccc2)c1. The van der Waals surface area contributed by atoms with Gasteiger partial charge in [0, 0.05) is 18.9 Å². The Balaban J connectivity index is 1.75. The normalized spacial score (nSPS) is 10.1. The molecule has 138 valence electrons. The quantitative estimate of drug-likeness (QED) is 0.698. The topological polar surface area (TPSA) is 73.9 Å². The highest BCUT2D eigenvalue weighted by Gasteiger charge is 2.12. The van der Waals surface area contributed by atoms with E-state index in [1.165, 1.54) is 7.11 Å². The van der Waals surface area contributed by atoms with E-state index < -0.39 is 5.97 Å². The molecule has 6 heteroatoms. The molecule has 0 saturated carbocycles. The first kappa shape index (κ1) is 19.3. The Labute approximate surface area is 153 Å². The van der Waals surface area contributed by atoms with Crippen LogP contribution in [0.25, 0.3) is 0 Å². The zero-order chi connectivity index (χ0) is 18.8. The number of carbonyl (C=O) groups excluding carboxylic acids is 2. The van der Waals surface area contributed by atoms with Crippen LogP contribution in [0, 0.1) is 0 Å². The van der Waals surface area contributed by atoms with Crippen molar-refractivity contribution < 1.29 is 23.8 Å². The molecule has 0 aliphatic heterocycles. The molecule has 2 aromatic carbocycles. The highest BCUT2D eigenvalue weighted by atomic mass is 16.5. The van der Waals surface area contributed by atoms with Crippen LogP contribution in [0.4, 0.5) is 5.69 Å². The third-order valence-corrected chi connectivity index (χ3v) is 3.73. The monoisotopic (exact) mass is 357 g/mol. The molecule has 0 unspecified atom stereocenters. The minimum absolute atomic E-state index is 0.0207. The molecule has 0 aliphatic rings. The summed E-state index contributed by atoms with van der Waals surface area (Å²) in [5.74, 6) is 0.427. The van der Waals surface area contributed by atoms with E-state index in [2.05, 4.69) is 5.32 Å². The summed E-state index contributed by atoms with van der Waals surface area (Å²) in [7, 11) is 3.06. The van der Waals surface area contributed by atoms with E-state index in [4.69, 9.17) is 14.2 Å². The molecule has 6 nitrogen and oxygen atoms in total. The number of rotatable bonds is 9. The second-order valence-corrected chi connectivity index (χ2v) is 5.57. The summed E-state index contributed by atoms with van der Waals surface area (Å²) in [6, 6.07) is 14.9. The van der Waals surface area contributed by atoms with Gasteiger partial charge >= 0.3 is 5.97 Å². The molecule has 26 heavy (non-hydrogen) atoms. The summed E-state index contributed by atoms with van der Waals surface area (Å²) < 4.78 is 15.5. The summed E-state index contributed by atoms with van der Waals surface area (Å²) in [5.41, 5.74) is 1.59. The fourth-order valence-corrected chi connectivity index (χ4v) is 2.34. The average molecular weight is 357 g/mol. The van der Waals surface area contributed by atoms with E-state index in [1.54, 1.807) is 25.3 Å². The molecular weight excluding hydrogens is 334 g/mol. The van der Waals surface area contributed by atoms with Crippen molar-refractivity contribution in [2.24, 2.45) is 0 Å². The van der Waals surface area contributed by atoms with Crippen molar-refractivity contribution in [2.45, 2.75) is 19.3 Å². The molecule has 0 fully saturated rings. The van der Waals surface area contributed by atoms with Gasteiger partial charge in [0.15, 0.2) is 0 Å². The van der Waals surface area contributed by atoms with Gasteiger partial charge in [0.1, 0.15) is 11.5 Å². The van der Waals surface area contributed by atoms with Gasteiger partial charge in [0.2, 0.25) is 5.91 Å². The molecule has 0 atom stereocenters. The van der Waals surface area contributed by atoms with Gasteiger partial charge in [-0.2, -0.15) is 0 Å². The second kappa shape index (κ2) is 10.1. The van der Waals surface area contributed by atoms with Gasteiger partial charge in [-0.05, 0) is 17.7 Å². The number of ether oxygens (including phenoxy) is 3. The van der Waals surface area contributed by atoms with Crippen LogP contribution in [0.1, 0.15) is 18.4 Å². The number of hydrogen-bond acceptors (Lipinski definition) is 5. The summed E-state index contributed by atoms with van der Waals surface area (Å²) in [5, 5.41) is 2.72. The first-order chi connectivity index (χ1) is 12.6. The van der Waals surface area contributed by atoms with Crippen LogP contribution in [0.3, 0.4) is 0 Å². The molecule has 0 spiro atoms. The number of benzene rings is 2. The van der Waals surface area contributed by atoms with Crippen molar-refractivity contribution >= 4 is 17.6 Å². The Bertz CT molecular complexity index is 730. The van der Waals surface area contributed by atoms with E-state index in [-0.39, 0.29) is 18.7 Å². The molecule has 0 heterocycles. The Morgan fingerprint density at radius 1 is 0.962 bits per heavy atom. The minimum atomic E-state index is -0.395. The number of esters is 1. The maximum Gasteiger partial charge on any atom is 0.306 e. The Morgan fingerprint density at radius 3 is 2.42 bits per heavy atom. The van der Waals surface area contributed by atoms with E-state index in [1.807, 2.05) is 30.3 Å². The third-order valence-electron chi connectivity index (χ3n) is 3.73. The molecule has 1 N–H and O–H groups in total. The van der Waals surface area contributed by atoms with E-state index in [0.29, 0.717) is 30.2 Å². The van der Waals surface area contributed by atoms with Crippen molar-refractivity contribution in [3.8, 4) is 11.5 Å². The number of methoxy groups -OCH3 is 2. The third kappa shape index (κ3) is 6.12. The molecule has 0 bridgehead atoms. The Morgan fingerprint density at radius 2 is 1.73 bits per heavy atom. The standard InChI is InChI=1S/C20H23NO5/c1-24-16-8-9-18(25-2)17(14-16)21-19(22)10-11-20(23)26-13-12-15-6-4-3-5-7-15/h3-9,14H,10-13H2,1-2H3,(H,21,22). The summed E-state index contributed by atoms with van der Waals surface area (Å²) in [6.07, 6.45) is 0.706. The number of amides is 1. The minimum Gasteiger partial charge on any atom is -0.497 e. The largest absolute Gasteiger partial charge is 0.497 e. The van der Waals surface area contributed by atoms with Gasteiger partial charge in [-0.15, -0.1) is 0 Å². The molecule has 2 aromatic rings. The van der Waals surface area contributed by atoms with Gasteiger partial charge in [-0.25, -0.2) is 0 Å². The zero-order valence-electron chi connectivity index (χ0n) is 15.0. The van der Waals surface area contributed by atoms with Gasteiger partial charge < -0.3 is 19.5 Å². The molecule has 0 saturated heterocycles. The van der Waals surface area contributed by atoms with Gasteiger partial charge in [-0.1, -0.05) is 30.3 Å². The first-order valence-electron chi connectivity index (χ1n) is 8.34. The molecule has 2 rings (SSSR count). The average Bonchev–Trinajstić information content (AvgIpc) is 2.67. The number of anilines is 1. The van der Waals surface area contributed by atoms with Crippen molar-refractivity contribution in [3.63, 3.8) is 0 Å². The van der Waals surface area contributed by atoms with Crippen LogP contribution in [-0.2, 0) is 20.7 Å². The van der Waals surface area contributed by atoms with Crippen LogP contribution in [0.5, 0.6) is 11.5 Å². The lowest BCUT2D eigenvalue weighted by molar-refractivity contribution is -0.144. The Hall–Kier alpha value is -3.02. The van der Waals surface area contributed by atoms with Crippen LogP contribution in [0.2, 0.25) is 0 Å². The zero-order valence-corrected chi connectivity index (χ0v) is 15.0. The van der Waals surface area contributed by atoms with Crippen LogP contribution in [0.15, 0.2) is 48.5 Å². The Kier molecular flexibility index (Phi) is 7.49. The maximum absolute atomic E-state index is 12.1. The molecule has 0 aliphatic carbocycles. The fourth-order valence-electron chi connectivity index (χ4n) is 2.34. The summed E-state index contributed by atoms with van der Waals surface area (Å²) in [4.78, 5) is 23.8. The van der Waals surface area contributed by atoms with Crippen molar-refractivity contribution in [1.29, 1.82) is 0 Å². The smallest absolute Gasteiger partial charge is 0.306 e. The fraction of sp³-hybridized carbons (Fsp3) is 0.300. The predicted octanol–water partition coefficient (Wildman–Crippen LogP) is 3.21. The number of hydrogen-bond donors (Lipinski definition) is 1. The number of nitrogens with one attached hydrogen (secondary N) is 1. The second-order valence-electron chi connectivity index (χ2n) is 5.57. The van der Waals surface area contributed by atoms with Crippen molar-refractivity contribution in [1.82, 2.24) is 0 Å². The van der Waals surface area contributed by atoms with Crippen LogP contribution < -0.4 is 14.8 Å². The predicted molar refractivity (Wildman–Crippen MR) is 98.5 cm³/mol. The lowest BCUT2D eigenvalue weighted by atomic mass is 10.2. The summed E-state index contributed by atoms with van der Waals surface area (Å²) in [6.45, 7) is 0.300. The first-order valence-corrected chi connectivity index (χ1v) is 8.34. The van der Waals surface area contributed by atoms with E-state index in [9.17, 15) is 9.59 Å². The lowest BCUT2D eigenvalue weighted by Gasteiger charge is -2.11. The summed E-state index contributed by atoms with van der Waals surface area (Å²) >= 11 is 0. The lowest BCUT2D eigenvalue weighted by Crippen LogP contribution is -2.15. The molecule has 0 radical (unpaired) electrons. The van der Waals surface area contributed by atoms with E-state index in [0.717, 1.165) is 5.56 Å².